The molecule has 14 heavy (non-hydrogen) atoms. The van der Waals surface area contributed by atoms with Gasteiger partial charge in [-0.15, -0.1) is 0 Å². The summed E-state index contributed by atoms with van der Waals surface area (Å²) in [5, 5.41) is 0. The van der Waals surface area contributed by atoms with Crippen molar-refractivity contribution in [3.63, 3.8) is 0 Å². The number of quaternary nitrogens is 1. The van der Waals surface area contributed by atoms with Crippen LogP contribution in [-0.4, -0.2) is 49.8 Å². The molecule has 0 rings (SSSR count). The van der Waals surface area contributed by atoms with Crippen LogP contribution in [0, 0.1) is 0 Å². The summed E-state index contributed by atoms with van der Waals surface area (Å²) < 4.78 is 6.10. The fourth-order valence-corrected chi connectivity index (χ4v) is 2.07. The Hall–Kier alpha value is -0.310. The van der Waals surface area contributed by atoms with Gasteiger partial charge in [-0.05, 0) is 0 Å². The van der Waals surface area contributed by atoms with Crippen molar-refractivity contribution in [2.45, 2.75) is 13.8 Å². The van der Waals surface area contributed by atoms with Crippen LogP contribution in [0.15, 0.2) is 0 Å². The summed E-state index contributed by atoms with van der Waals surface area (Å²) in [4.78, 5) is 22.1. The third-order valence-corrected chi connectivity index (χ3v) is 3.42. The average Bonchev–Trinajstić information content (AvgIpc) is 1.94. The molecule has 0 aliphatic heterocycles. The number of rotatable bonds is 6. The van der Waals surface area contributed by atoms with E-state index in [1.807, 2.05) is 21.1 Å². The number of carbonyl (C=O) groups is 2. The van der Waals surface area contributed by atoms with E-state index in [0.29, 0.717) is 6.61 Å². The van der Waals surface area contributed by atoms with Crippen LogP contribution in [0.2, 0.25) is 0 Å². The van der Waals surface area contributed by atoms with Crippen molar-refractivity contribution in [2.75, 3.05) is 34.3 Å². The molecule has 0 heterocycles. The Morgan fingerprint density at radius 3 is 1.86 bits per heavy atom. The molecule has 5 heteroatoms. The van der Waals surface area contributed by atoms with Gasteiger partial charge in [-0.3, -0.25) is 0 Å². The summed E-state index contributed by atoms with van der Waals surface area (Å²) in [7, 11) is 4.23. The number of hydrogen-bond donors (Lipinski definition) is 0. The third kappa shape index (κ3) is 6.19. The van der Waals surface area contributed by atoms with E-state index in [2.05, 4.69) is 0 Å². The Labute approximate surface area is 86.7 Å². The first kappa shape index (κ1) is 13.7. The van der Waals surface area contributed by atoms with E-state index < -0.39 is 8.15 Å². The Balaban J connectivity index is 3.97. The molecule has 0 amide bonds. The molecule has 0 radical (unpaired) electrons. The van der Waals surface area contributed by atoms with Gasteiger partial charge in [0.1, 0.15) is 0 Å². The fourth-order valence-electron chi connectivity index (χ4n) is 0.873. The molecule has 0 atom stereocenters. The van der Waals surface area contributed by atoms with Crippen LogP contribution in [0.5, 0.6) is 0 Å². The molecule has 0 aromatic carbocycles. The Morgan fingerprint density at radius 1 is 1.14 bits per heavy atom. The SMILES string of the molecule is CC(=O)[PH-](OCC[N+](C)(C)C)C(C)=O. The molecule has 0 aliphatic rings. The molecule has 0 aliphatic carbocycles. The Kier molecular flexibility index (Phi) is 5.42. The van der Waals surface area contributed by atoms with Gasteiger partial charge in [0.2, 0.25) is 0 Å². The van der Waals surface area contributed by atoms with Gasteiger partial charge < -0.3 is 0 Å². The van der Waals surface area contributed by atoms with Crippen LogP contribution < -0.4 is 0 Å². The predicted molar refractivity (Wildman–Crippen MR) is 58.5 cm³/mol. The molecule has 0 fully saturated rings. The number of nitrogens with zero attached hydrogens (tertiary/aromatic N) is 1. The van der Waals surface area contributed by atoms with Crippen LogP contribution in [0.1, 0.15) is 13.8 Å². The van der Waals surface area contributed by atoms with E-state index in [9.17, 15) is 9.59 Å². The van der Waals surface area contributed by atoms with Crippen molar-refractivity contribution in [1.82, 2.24) is 0 Å². The predicted octanol–water partition coefficient (Wildman–Crippen LogP) is 0.931. The second kappa shape index (κ2) is 5.54. The minimum absolute atomic E-state index is 0.121. The molecule has 4 nitrogen and oxygen atoms in total. The molecule has 0 spiro atoms. The van der Waals surface area contributed by atoms with Gasteiger partial charge in [0.05, 0.1) is 0 Å². The van der Waals surface area contributed by atoms with Crippen LogP contribution in [0.3, 0.4) is 0 Å². The summed E-state index contributed by atoms with van der Waals surface area (Å²) >= 11 is 0. The second-order valence-corrected chi connectivity index (χ2v) is 6.66. The van der Waals surface area contributed by atoms with Crippen molar-refractivity contribution >= 4 is 19.2 Å². The average molecular weight is 221 g/mol. The topological polar surface area (TPSA) is 43.4 Å². The van der Waals surface area contributed by atoms with Crippen molar-refractivity contribution in [3.05, 3.63) is 0 Å². The Morgan fingerprint density at radius 2 is 1.57 bits per heavy atom. The molecule has 0 N–H and O–H groups in total. The van der Waals surface area contributed by atoms with Gasteiger partial charge in [-0.1, -0.05) is 0 Å². The van der Waals surface area contributed by atoms with E-state index in [0.717, 1.165) is 11.0 Å². The van der Waals surface area contributed by atoms with Gasteiger partial charge in [0.15, 0.2) is 0 Å². The van der Waals surface area contributed by atoms with E-state index in [-0.39, 0.29) is 11.0 Å². The first-order valence-corrected chi connectivity index (χ1v) is 5.97. The number of likely N-dealkylation sites (N-methyl/N-ethyl adjacent to an activating group) is 1. The van der Waals surface area contributed by atoms with Crippen molar-refractivity contribution in [3.8, 4) is 0 Å². The molecule has 0 aromatic rings. The van der Waals surface area contributed by atoms with Gasteiger partial charge >= 0.3 is 85.9 Å². The fraction of sp³-hybridized carbons (Fsp3) is 0.778. The van der Waals surface area contributed by atoms with Gasteiger partial charge in [0, 0.05) is 0 Å². The standard InChI is InChI=1S/C9H20NO3P/c1-8(11)14(9(2)12)13-7-6-10(3,4)5/h14H,6-7H2,1-5H3. The first-order valence-electron chi connectivity index (χ1n) is 4.56. The molecular formula is C9H20NO3P. The van der Waals surface area contributed by atoms with E-state index >= 15 is 0 Å². The molecular weight excluding hydrogens is 201 g/mol. The van der Waals surface area contributed by atoms with Crippen molar-refractivity contribution in [2.24, 2.45) is 0 Å². The zero-order chi connectivity index (χ0) is 11.4. The first-order chi connectivity index (χ1) is 6.24. The number of carbonyl (C=O) groups excluding carboxylic acids is 2. The monoisotopic (exact) mass is 221 g/mol. The second-order valence-electron chi connectivity index (χ2n) is 4.30. The minimum atomic E-state index is -1.89. The van der Waals surface area contributed by atoms with Gasteiger partial charge in [-0.2, -0.15) is 0 Å². The van der Waals surface area contributed by atoms with Crippen molar-refractivity contribution in [1.29, 1.82) is 0 Å². The summed E-state index contributed by atoms with van der Waals surface area (Å²) in [5.41, 5.74) is -0.243. The third-order valence-electron chi connectivity index (χ3n) is 1.65. The molecule has 0 aromatic heterocycles. The summed E-state index contributed by atoms with van der Waals surface area (Å²) in [5.74, 6) is 0. The molecule has 0 saturated heterocycles. The molecule has 84 valence electrons. The van der Waals surface area contributed by atoms with Crippen LogP contribution in [0.4, 0.5) is 0 Å². The van der Waals surface area contributed by atoms with E-state index in [1.54, 1.807) is 0 Å². The maximum atomic E-state index is 11.0. The van der Waals surface area contributed by atoms with Crippen LogP contribution in [-0.2, 0) is 14.1 Å². The summed E-state index contributed by atoms with van der Waals surface area (Å²) in [6.07, 6.45) is 0. The zero-order valence-electron chi connectivity index (χ0n) is 9.59. The van der Waals surface area contributed by atoms with Gasteiger partial charge in [0.25, 0.3) is 0 Å². The molecule has 0 unspecified atom stereocenters. The van der Waals surface area contributed by atoms with E-state index in [4.69, 9.17) is 4.52 Å². The van der Waals surface area contributed by atoms with Gasteiger partial charge in [-0.25, -0.2) is 0 Å². The molecule has 0 bridgehead atoms. The summed E-state index contributed by atoms with van der Waals surface area (Å²) in [6.45, 7) is 4.11. The quantitative estimate of drug-likeness (QED) is 0.495. The number of hydrogen-bond acceptors (Lipinski definition) is 3. The normalized spacial score (nSPS) is 12.5. The molecule has 0 saturated carbocycles. The van der Waals surface area contributed by atoms with Crippen LogP contribution in [0.25, 0.3) is 0 Å². The maximum absolute atomic E-state index is 11.0. The Bertz CT molecular complexity index is 209. The summed E-state index contributed by atoms with van der Waals surface area (Å²) in [6, 6.07) is 0. The zero-order valence-corrected chi connectivity index (χ0v) is 10.6. The van der Waals surface area contributed by atoms with Crippen LogP contribution >= 0.6 is 8.15 Å². The van der Waals surface area contributed by atoms with E-state index in [1.165, 1.54) is 13.8 Å². The van der Waals surface area contributed by atoms with Crippen molar-refractivity contribution < 1.29 is 18.6 Å².